The van der Waals surface area contributed by atoms with Crippen LogP contribution >= 0.6 is 11.6 Å². The number of hydrogen-bond donors (Lipinski definition) is 1. The Balaban J connectivity index is 1.41. The van der Waals surface area contributed by atoms with Crippen LogP contribution in [0.1, 0.15) is 29.9 Å². The second-order valence-electron chi connectivity index (χ2n) is 7.48. The molecule has 0 saturated heterocycles. The molecule has 30 heavy (non-hydrogen) atoms. The van der Waals surface area contributed by atoms with Crippen molar-refractivity contribution >= 4 is 28.9 Å². The first-order valence-corrected chi connectivity index (χ1v) is 10.2. The summed E-state index contributed by atoms with van der Waals surface area (Å²) in [5.74, 6) is -0.199. The van der Waals surface area contributed by atoms with Crippen LogP contribution in [0.4, 0.5) is 4.39 Å². The molecule has 0 unspecified atom stereocenters. The Morgan fingerprint density at radius 1 is 1.27 bits per heavy atom. The number of nitrogens with zero attached hydrogens (tertiary/aromatic N) is 3. The van der Waals surface area contributed by atoms with E-state index in [1.54, 1.807) is 17.0 Å². The minimum Gasteiger partial charge on any atom is -0.350 e. The molecule has 1 aromatic carbocycles. The van der Waals surface area contributed by atoms with Gasteiger partial charge in [-0.1, -0.05) is 29.8 Å². The predicted molar refractivity (Wildman–Crippen MR) is 112 cm³/mol. The van der Waals surface area contributed by atoms with Gasteiger partial charge in [0.25, 0.3) is 0 Å². The van der Waals surface area contributed by atoms with Crippen LogP contribution in [0.15, 0.2) is 42.6 Å². The summed E-state index contributed by atoms with van der Waals surface area (Å²) in [6, 6.07) is 10.5. The number of carbonyl (C=O) groups excluding carboxylic acids is 2. The Kier molecular flexibility index (Phi) is 5.72. The highest BCUT2D eigenvalue weighted by Crippen LogP contribution is 2.27. The number of carbonyl (C=O) groups is 2. The molecule has 6 nitrogen and oxygen atoms in total. The van der Waals surface area contributed by atoms with E-state index in [-0.39, 0.29) is 42.4 Å². The highest BCUT2D eigenvalue weighted by Gasteiger charge is 2.34. The van der Waals surface area contributed by atoms with Crippen molar-refractivity contribution in [2.75, 3.05) is 6.54 Å². The number of aryl methyl sites for hydroxylation is 1. The van der Waals surface area contributed by atoms with Crippen LogP contribution in [0.25, 0.3) is 5.52 Å². The van der Waals surface area contributed by atoms with Crippen LogP contribution in [0.5, 0.6) is 0 Å². The standard InChI is InChI=1S/C22H22ClFN4O2/c1-14-26-18(19-7-2-3-10-27(14)19)11-21(30)28(16-8-9-16)13-20(29)25-12-15-5-4-6-17(23)22(15)24/h2-7,10,16H,8-9,11-13H2,1H3,(H,25,29). The van der Waals surface area contributed by atoms with E-state index in [1.165, 1.54) is 6.07 Å². The molecule has 1 aliphatic rings. The first kappa shape index (κ1) is 20.3. The molecule has 1 saturated carbocycles. The minimum atomic E-state index is -0.545. The summed E-state index contributed by atoms with van der Waals surface area (Å²) in [6.45, 7) is 1.85. The van der Waals surface area contributed by atoms with E-state index in [9.17, 15) is 14.0 Å². The number of nitrogens with one attached hydrogen (secondary N) is 1. The van der Waals surface area contributed by atoms with Crippen LogP contribution in [-0.4, -0.2) is 38.7 Å². The van der Waals surface area contributed by atoms with Gasteiger partial charge in [-0.15, -0.1) is 0 Å². The number of benzene rings is 1. The number of amides is 2. The van der Waals surface area contributed by atoms with E-state index in [4.69, 9.17) is 11.6 Å². The molecule has 0 aliphatic heterocycles. The van der Waals surface area contributed by atoms with Gasteiger partial charge < -0.3 is 14.6 Å². The summed E-state index contributed by atoms with van der Waals surface area (Å²) < 4.78 is 15.9. The highest BCUT2D eigenvalue weighted by molar-refractivity contribution is 6.30. The lowest BCUT2D eigenvalue weighted by Crippen LogP contribution is -2.42. The third-order valence-corrected chi connectivity index (χ3v) is 5.54. The molecule has 0 atom stereocenters. The van der Waals surface area contributed by atoms with Crippen molar-refractivity contribution in [3.05, 3.63) is 70.5 Å². The van der Waals surface area contributed by atoms with Gasteiger partial charge in [0.1, 0.15) is 11.6 Å². The number of aromatic nitrogens is 2. The van der Waals surface area contributed by atoms with E-state index in [1.807, 2.05) is 35.7 Å². The van der Waals surface area contributed by atoms with E-state index >= 15 is 0 Å². The summed E-state index contributed by atoms with van der Waals surface area (Å²) in [5.41, 5.74) is 1.89. The van der Waals surface area contributed by atoms with E-state index in [0.29, 0.717) is 11.3 Å². The van der Waals surface area contributed by atoms with Crippen molar-refractivity contribution in [3.63, 3.8) is 0 Å². The molecule has 0 spiro atoms. The van der Waals surface area contributed by atoms with Gasteiger partial charge in [-0.3, -0.25) is 9.59 Å². The van der Waals surface area contributed by atoms with Gasteiger partial charge in [0.05, 0.1) is 29.2 Å². The Bertz CT molecular complexity index is 1110. The smallest absolute Gasteiger partial charge is 0.239 e. The average molecular weight is 429 g/mol. The molecule has 0 radical (unpaired) electrons. The summed E-state index contributed by atoms with van der Waals surface area (Å²) in [4.78, 5) is 31.6. The second-order valence-corrected chi connectivity index (χ2v) is 7.89. The Morgan fingerprint density at radius 3 is 2.83 bits per heavy atom. The maximum absolute atomic E-state index is 14.0. The van der Waals surface area contributed by atoms with Crippen LogP contribution in [0.3, 0.4) is 0 Å². The van der Waals surface area contributed by atoms with Crippen LogP contribution in [0.2, 0.25) is 5.02 Å². The van der Waals surface area contributed by atoms with Crippen molar-refractivity contribution in [1.29, 1.82) is 0 Å². The number of halogens is 2. The topological polar surface area (TPSA) is 66.7 Å². The molecule has 4 rings (SSSR count). The molecule has 3 aromatic rings. The fourth-order valence-electron chi connectivity index (χ4n) is 3.54. The number of fused-ring (bicyclic) bond motifs is 1. The molecule has 2 amide bonds. The monoisotopic (exact) mass is 428 g/mol. The SMILES string of the molecule is Cc1nc(CC(=O)N(CC(=O)NCc2cccc(Cl)c2F)C2CC2)c2ccccn12. The predicted octanol–water partition coefficient (Wildman–Crippen LogP) is 3.29. The van der Waals surface area contributed by atoms with Gasteiger partial charge in [-0.05, 0) is 38.0 Å². The molecular formula is C22H22ClFN4O2. The van der Waals surface area contributed by atoms with Gasteiger partial charge in [-0.2, -0.15) is 0 Å². The number of rotatable bonds is 7. The summed E-state index contributed by atoms with van der Waals surface area (Å²) >= 11 is 5.78. The maximum Gasteiger partial charge on any atom is 0.239 e. The zero-order valence-corrected chi connectivity index (χ0v) is 17.3. The molecule has 2 aromatic heterocycles. The largest absolute Gasteiger partial charge is 0.350 e. The third-order valence-electron chi connectivity index (χ3n) is 5.25. The maximum atomic E-state index is 14.0. The van der Waals surface area contributed by atoms with Crippen molar-refractivity contribution in [1.82, 2.24) is 19.6 Å². The summed E-state index contributed by atoms with van der Waals surface area (Å²) in [5, 5.41) is 2.69. The van der Waals surface area contributed by atoms with Crippen molar-refractivity contribution in [3.8, 4) is 0 Å². The van der Waals surface area contributed by atoms with Gasteiger partial charge in [0, 0.05) is 24.3 Å². The molecule has 1 fully saturated rings. The molecule has 0 bridgehead atoms. The van der Waals surface area contributed by atoms with Gasteiger partial charge in [0.15, 0.2) is 0 Å². The molecule has 1 aliphatic carbocycles. The van der Waals surface area contributed by atoms with Crippen molar-refractivity contribution in [2.45, 2.75) is 38.8 Å². The Morgan fingerprint density at radius 2 is 2.07 bits per heavy atom. The summed E-state index contributed by atoms with van der Waals surface area (Å²) in [6.07, 6.45) is 3.80. The van der Waals surface area contributed by atoms with Gasteiger partial charge in [-0.25, -0.2) is 9.37 Å². The lowest BCUT2D eigenvalue weighted by molar-refractivity contribution is -0.136. The van der Waals surface area contributed by atoms with Crippen LogP contribution in [0, 0.1) is 12.7 Å². The molecule has 156 valence electrons. The first-order valence-electron chi connectivity index (χ1n) is 9.85. The zero-order chi connectivity index (χ0) is 21.3. The van der Waals surface area contributed by atoms with E-state index in [2.05, 4.69) is 10.3 Å². The first-order chi connectivity index (χ1) is 14.4. The fourth-order valence-corrected chi connectivity index (χ4v) is 3.73. The van der Waals surface area contributed by atoms with Gasteiger partial charge in [0.2, 0.25) is 11.8 Å². The van der Waals surface area contributed by atoms with Gasteiger partial charge >= 0.3 is 0 Å². The van der Waals surface area contributed by atoms with Crippen LogP contribution < -0.4 is 5.32 Å². The molecule has 1 N–H and O–H groups in total. The zero-order valence-electron chi connectivity index (χ0n) is 16.6. The molecule has 8 heteroatoms. The fraction of sp³-hybridized carbons (Fsp3) is 0.318. The van der Waals surface area contributed by atoms with E-state index < -0.39 is 5.82 Å². The normalized spacial score (nSPS) is 13.4. The molecule has 2 heterocycles. The Labute approximate surface area is 178 Å². The second kappa shape index (κ2) is 8.44. The van der Waals surface area contributed by atoms with Crippen LogP contribution in [-0.2, 0) is 22.6 Å². The lowest BCUT2D eigenvalue weighted by Gasteiger charge is -2.21. The minimum absolute atomic E-state index is 0.0131. The van der Waals surface area contributed by atoms with E-state index in [0.717, 1.165) is 24.2 Å². The Hall–Kier alpha value is -2.93. The molecular weight excluding hydrogens is 407 g/mol. The van der Waals surface area contributed by atoms with Crippen molar-refractivity contribution in [2.24, 2.45) is 0 Å². The van der Waals surface area contributed by atoms with Crippen molar-refractivity contribution < 1.29 is 14.0 Å². The number of pyridine rings is 1. The third kappa shape index (κ3) is 4.31. The average Bonchev–Trinajstić information content (AvgIpc) is 3.52. The lowest BCUT2D eigenvalue weighted by atomic mass is 10.2. The quantitative estimate of drug-likeness (QED) is 0.628. The highest BCUT2D eigenvalue weighted by atomic mass is 35.5. The number of hydrogen-bond acceptors (Lipinski definition) is 3. The summed E-state index contributed by atoms with van der Waals surface area (Å²) in [7, 11) is 0. The number of imidazole rings is 1.